The molecular weight excluding hydrogens is 268 g/mol. The molecule has 0 aliphatic carbocycles. The minimum atomic E-state index is -0.206. The number of carbonyl (C=O) groups excluding carboxylic acids is 1. The molecule has 2 aromatic carbocycles. The van der Waals surface area contributed by atoms with Crippen LogP contribution in [0.4, 0.5) is 0 Å². The smallest absolute Gasteiger partial charge is 0.267 e. The Morgan fingerprint density at radius 1 is 1.10 bits per heavy atom. The van der Waals surface area contributed by atoms with Crippen molar-refractivity contribution in [2.24, 2.45) is 5.10 Å². The first-order chi connectivity index (χ1) is 9.83. The molecule has 1 N–H and O–H groups in total. The van der Waals surface area contributed by atoms with Crippen LogP contribution in [0.5, 0.6) is 0 Å². The highest BCUT2D eigenvalue weighted by atomic mass is 32.1. The number of fused-ring (bicyclic) bond motifs is 1. The molecule has 0 bridgehead atoms. The summed E-state index contributed by atoms with van der Waals surface area (Å²) in [5.41, 5.74) is 4.12. The number of hydrogen-bond donors (Lipinski definition) is 1. The van der Waals surface area contributed by atoms with Crippen molar-refractivity contribution in [2.45, 2.75) is 0 Å². The van der Waals surface area contributed by atoms with E-state index < -0.39 is 0 Å². The fourth-order valence-electron chi connectivity index (χ4n) is 1.91. The Morgan fingerprint density at radius 2 is 1.95 bits per heavy atom. The lowest BCUT2D eigenvalue weighted by molar-refractivity contribution is 0.0955. The summed E-state index contributed by atoms with van der Waals surface area (Å²) in [6, 6.07) is 15.5. The van der Waals surface area contributed by atoms with E-state index in [1.807, 2.05) is 53.2 Å². The summed E-state index contributed by atoms with van der Waals surface area (Å²) in [6.07, 6.45) is 1.63. The third-order valence-electron chi connectivity index (χ3n) is 2.93. The van der Waals surface area contributed by atoms with Crippen molar-refractivity contribution in [3.05, 3.63) is 70.4 Å². The van der Waals surface area contributed by atoms with Gasteiger partial charge in [0.2, 0.25) is 0 Å². The molecule has 0 unspecified atom stereocenters. The number of benzene rings is 2. The first kappa shape index (κ1) is 12.6. The van der Waals surface area contributed by atoms with Crippen molar-refractivity contribution in [3.63, 3.8) is 0 Å². The predicted octanol–water partition coefficient (Wildman–Crippen LogP) is 3.67. The van der Waals surface area contributed by atoms with Gasteiger partial charge in [-0.05, 0) is 39.7 Å². The molecule has 0 aliphatic heterocycles. The first-order valence-electron chi connectivity index (χ1n) is 6.17. The van der Waals surface area contributed by atoms with Gasteiger partial charge in [-0.1, -0.05) is 30.3 Å². The van der Waals surface area contributed by atoms with Crippen LogP contribution >= 0.6 is 11.3 Å². The average Bonchev–Trinajstić information content (AvgIpc) is 3.00. The number of carbonyl (C=O) groups is 1. The van der Waals surface area contributed by atoms with Gasteiger partial charge >= 0.3 is 0 Å². The number of rotatable bonds is 3. The van der Waals surface area contributed by atoms with Crippen LogP contribution < -0.4 is 5.43 Å². The highest BCUT2D eigenvalue weighted by Crippen LogP contribution is 2.15. The Kier molecular flexibility index (Phi) is 3.56. The fraction of sp³-hybridized carbons (Fsp3) is 0. The summed E-state index contributed by atoms with van der Waals surface area (Å²) in [5.74, 6) is -0.206. The van der Waals surface area contributed by atoms with Crippen LogP contribution in [-0.2, 0) is 0 Å². The quantitative estimate of drug-likeness (QED) is 0.577. The van der Waals surface area contributed by atoms with Crippen molar-refractivity contribution in [3.8, 4) is 0 Å². The molecule has 0 spiro atoms. The van der Waals surface area contributed by atoms with Crippen LogP contribution in [0.25, 0.3) is 10.8 Å². The summed E-state index contributed by atoms with van der Waals surface area (Å²) < 4.78 is 0. The Hall–Kier alpha value is -2.46. The van der Waals surface area contributed by atoms with Gasteiger partial charge in [0, 0.05) is 11.1 Å². The number of amides is 1. The molecule has 0 saturated heterocycles. The molecule has 0 fully saturated rings. The molecule has 1 heterocycles. The molecular formula is C16H12N2OS. The van der Waals surface area contributed by atoms with Crippen molar-refractivity contribution in [2.75, 3.05) is 0 Å². The third kappa shape index (κ3) is 2.75. The largest absolute Gasteiger partial charge is 0.271 e. The van der Waals surface area contributed by atoms with Crippen LogP contribution in [0.1, 0.15) is 15.9 Å². The molecule has 0 atom stereocenters. The second-order valence-corrected chi connectivity index (χ2v) is 5.10. The maximum absolute atomic E-state index is 12.0. The van der Waals surface area contributed by atoms with Gasteiger partial charge in [0.25, 0.3) is 5.91 Å². The molecule has 0 radical (unpaired) electrons. The number of nitrogens with one attached hydrogen (secondary N) is 1. The molecule has 1 aromatic heterocycles. The zero-order valence-electron chi connectivity index (χ0n) is 10.6. The summed E-state index contributed by atoms with van der Waals surface area (Å²) in [7, 11) is 0. The minimum Gasteiger partial charge on any atom is -0.267 e. The highest BCUT2D eigenvalue weighted by Gasteiger charge is 2.04. The molecule has 3 rings (SSSR count). The fourth-order valence-corrected chi connectivity index (χ4v) is 2.52. The van der Waals surface area contributed by atoms with Gasteiger partial charge < -0.3 is 0 Å². The van der Waals surface area contributed by atoms with Gasteiger partial charge in [0.15, 0.2) is 0 Å². The van der Waals surface area contributed by atoms with E-state index in [-0.39, 0.29) is 5.91 Å². The van der Waals surface area contributed by atoms with E-state index >= 15 is 0 Å². The van der Waals surface area contributed by atoms with Gasteiger partial charge in [-0.3, -0.25) is 4.79 Å². The lowest BCUT2D eigenvalue weighted by Gasteiger charge is -2.02. The Labute approximate surface area is 120 Å². The van der Waals surface area contributed by atoms with Crippen LogP contribution in [0.3, 0.4) is 0 Å². The van der Waals surface area contributed by atoms with E-state index in [0.717, 1.165) is 16.3 Å². The van der Waals surface area contributed by atoms with E-state index in [0.29, 0.717) is 5.56 Å². The molecule has 98 valence electrons. The van der Waals surface area contributed by atoms with Crippen LogP contribution in [0.15, 0.2) is 64.4 Å². The highest BCUT2D eigenvalue weighted by molar-refractivity contribution is 7.08. The maximum Gasteiger partial charge on any atom is 0.271 e. The van der Waals surface area contributed by atoms with Gasteiger partial charge in [-0.2, -0.15) is 16.4 Å². The molecule has 1 amide bonds. The zero-order chi connectivity index (χ0) is 13.8. The zero-order valence-corrected chi connectivity index (χ0v) is 11.4. The van der Waals surface area contributed by atoms with E-state index in [1.165, 1.54) is 0 Å². The van der Waals surface area contributed by atoms with Crippen molar-refractivity contribution >= 4 is 34.2 Å². The van der Waals surface area contributed by atoms with Crippen LogP contribution in [0, 0.1) is 0 Å². The van der Waals surface area contributed by atoms with Crippen LogP contribution in [0.2, 0.25) is 0 Å². The monoisotopic (exact) mass is 280 g/mol. The minimum absolute atomic E-state index is 0.206. The molecule has 0 aliphatic rings. The third-order valence-corrected chi connectivity index (χ3v) is 3.64. The molecule has 20 heavy (non-hydrogen) atoms. The van der Waals surface area contributed by atoms with E-state index in [9.17, 15) is 4.79 Å². The van der Waals surface area contributed by atoms with Crippen molar-refractivity contribution in [1.29, 1.82) is 0 Å². The second kappa shape index (κ2) is 5.67. The SMILES string of the molecule is O=C(N/N=C\c1ccsc1)c1ccc2ccccc2c1. The second-order valence-electron chi connectivity index (χ2n) is 4.32. The molecule has 0 saturated carbocycles. The maximum atomic E-state index is 12.0. The van der Waals surface area contributed by atoms with Gasteiger partial charge in [-0.15, -0.1) is 0 Å². The van der Waals surface area contributed by atoms with Gasteiger partial charge in [-0.25, -0.2) is 5.43 Å². The lowest BCUT2D eigenvalue weighted by atomic mass is 10.1. The van der Waals surface area contributed by atoms with Crippen LogP contribution in [-0.4, -0.2) is 12.1 Å². The summed E-state index contributed by atoms with van der Waals surface area (Å²) in [6.45, 7) is 0. The molecule has 4 heteroatoms. The van der Waals surface area contributed by atoms with E-state index in [1.54, 1.807) is 23.6 Å². The van der Waals surface area contributed by atoms with E-state index in [2.05, 4.69) is 10.5 Å². The topological polar surface area (TPSA) is 41.5 Å². The standard InChI is InChI=1S/C16H12N2OS/c19-16(18-17-10-12-7-8-20-11-12)15-6-5-13-3-1-2-4-14(13)9-15/h1-11H,(H,18,19)/b17-10-. The van der Waals surface area contributed by atoms with Gasteiger partial charge in [0.1, 0.15) is 0 Å². The first-order valence-corrected chi connectivity index (χ1v) is 7.11. The summed E-state index contributed by atoms with van der Waals surface area (Å²) >= 11 is 1.59. The average molecular weight is 280 g/mol. The summed E-state index contributed by atoms with van der Waals surface area (Å²) in [4.78, 5) is 12.0. The molecule has 3 aromatic rings. The van der Waals surface area contributed by atoms with Crippen molar-refractivity contribution < 1.29 is 4.79 Å². The predicted molar refractivity (Wildman–Crippen MR) is 83.3 cm³/mol. The molecule has 3 nitrogen and oxygen atoms in total. The normalized spacial score (nSPS) is 11.0. The van der Waals surface area contributed by atoms with Gasteiger partial charge in [0.05, 0.1) is 6.21 Å². The number of nitrogens with zero attached hydrogens (tertiary/aromatic N) is 1. The number of hydrazone groups is 1. The Balaban J connectivity index is 1.75. The Morgan fingerprint density at radius 3 is 2.75 bits per heavy atom. The van der Waals surface area contributed by atoms with E-state index in [4.69, 9.17) is 0 Å². The summed E-state index contributed by atoms with van der Waals surface area (Å²) in [5, 5.41) is 10.0. The Bertz CT molecular complexity index is 763. The number of thiophene rings is 1. The van der Waals surface area contributed by atoms with Crippen molar-refractivity contribution in [1.82, 2.24) is 5.43 Å². The lowest BCUT2D eigenvalue weighted by Crippen LogP contribution is -2.17. The number of hydrogen-bond acceptors (Lipinski definition) is 3.